The lowest BCUT2D eigenvalue weighted by molar-refractivity contribution is -0.117. The number of rotatable bonds is 2. The van der Waals surface area contributed by atoms with E-state index in [-0.39, 0.29) is 11.7 Å². The Hall–Kier alpha value is -0.630. The Morgan fingerprint density at radius 2 is 2.50 bits per heavy atom. The van der Waals surface area contributed by atoms with Crippen LogP contribution < -0.4 is 0 Å². The Kier molecular flexibility index (Phi) is 2.22. The average molecular weight is 140 g/mol. The molecule has 2 heteroatoms. The third-order valence-electron chi connectivity index (χ3n) is 2.01. The van der Waals surface area contributed by atoms with E-state index in [0.29, 0.717) is 12.8 Å². The van der Waals surface area contributed by atoms with E-state index in [1.807, 2.05) is 0 Å². The summed E-state index contributed by atoms with van der Waals surface area (Å²) in [5.41, 5.74) is 0. The fourth-order valence-electron chi connectivity index (χ4n) is 1.33. The van der Waals surface area contributed by atoms with E-state index in [1.54, 1.807) is 0 Å². The predicted molar refractivity (Wildman–Crippen MR) is 38.6 cm³/mol. The molecule has 0 bridgehead atoms. The summed E-state index contributed by atoms with van der Waals surface area (Å²) in [5, 5.41) is 9.21. The number of hydrogen-bond donors (Lipinski definition) is 1. The Morgan fingerprint density at radius 1 is 1.80 bits per heavy atom. The van der Waals surface area contributed by atoms with Crippen LogP contribution in [0, 0.1) is 5.92 Å². The van der Waals surface area contributed by atoms with Gasteiger partial charge < -0.3 is 5.11 Å². The van der Waals surface area contributed by atoms with Gasteiger partial charge in [0.25, 0.3) is 0 Å². The monoisotopic (exact) mass is 140 g/mol. The van der Waals surface area contributed by atoms with Crippen molar-refractivity contribution in [1.29, 1.82) is 0 Å². The zero-order valence-corrected chi connectivity index (χ0v) is 5.92. The standard InChI is InChI=1S/C8H12O2/c1-2-8(10)6-3-4-7(9)5-6/h2,6,8,10H,1,3-5H2/t6-,8?/m0/s1. The van der Waals surface area contributed by atoms with Crippen LogP contribution in [0.4, 0.5) is 0 Å². The molecule has 56 valence electrons. The average Bonchev–Trinajstić information content (AvgIpc) is 2.34. The quantitative estimate of drug-likeness (QED) is 0.579. The van der Waals surface area contributed by atoms with Crippen molar-refractivity contribution in [2.45, 2.75) is 25.4 Å². The van der Waals surface area contributed by atoms with E-state index in [0.717, 1.165) is 6.42 Å². The Morgan fingerprint density at radius 3 is 2.90 bits per heavy atom. The van der Waals surface area contributed by atoms with Gasteiger partial charge in [-0.2, -0.15) is 0 Å². The zero-order valence-electron chi connectivity index (χ0n) is 5.92. The molecule has 10 heavy (non-hydrogen) atoms. The third kappa shape index (κ3) is 1.45. The van der Waals surface area contributed by atoms with Crippen molar-refractivity contribution in [2.75, 3.05) is 0 Å². The van der Waals surface area contributed by atoms with E-state index in [1.165, 1.54) is 6.08 Å². The van der Waals surface area contributed by atoms with Crippen molar-refractivity contribution in [3.63, 3.8) is 0 Å². The molecule has 1 aliphatic carbocycles. The maximum absolute atomic E-state index is 10.7. The second kappa shape index (κ2) is 2.97. The van der Waals surface area contributed by atoms with Crippen molar-refractivity contribution >= 4 is 5.78 Å². The first kappa shape index (κ1) is 7.48. The molecule has 2 atom stereocenters. The molecular formula is C8H12O2. The number of aliphatic hydroxyl groups is 1. The number of aliphatic hydroxyl groups excluding tert-OH is 1. The van der Waals surface area contributed by atoms with Crippen LogP contribution in [0.5, 0.6) is 0 Å². The van der Waals surface area contributed by atoms with Gasteiger partial charge in [0.2, 0.25) is 0 Å². The van der Waals surface area contributed by atoms with Gasteiger partial charge in [0.1, 0.15) is 5.78 Å². The molecule has 1 N–H and O–H groups in total. The van der Waals surface area contributed by atoms with Gasteiger partial charge >= 0.3 is 0 Å². The van der Waals surface area contributed by atoms with Gasteiger partial charge in [0.15, 0.2) is 0 Å². The van der Waals surface area contributed by atoms with Gasteiger partial charge in [-0.15, -0.1) is 6.58 Å². The normalized spacial score (nSPS) is 28.5. The summed E-state index contributed by atoms with van der Waals surface area (Å²) in [6.07, 6.45) is 3.02. The van der Waals surface area contributed by atoms with Gasteiger partial charge in [-0.3, -0.25) is 4.79 Å². The van der Waals surface area contributed by atoms with E-state index in [2.05, 4.69) is 6.58 Å². The molecule has 0 aromatic rings. The molecule has 0 aromatic carbocycles. The summed E-state index contributed by atoms with van der Waals surface area (Å²) in [4.78, 5) is 10.7. The molecule has 1 fully saturated rings. The highest BCUT2D eigenvalue weighted by Crippen LogP contribution is 2.25. The largest absolute Gasteiger partial charge is 0.389 e. The fraction of sp³-hybridized carbons (Fsp3) is 0.625. The minimum Gasteiger partial charge on any atom is -0.389 e. The first-order valence-electron chi connectivity index (χ1n) is 3.56. The second-order valence-corrected chi connectivity index (χ2v) is 2.77. The summed E-state index contributed by atoms with van der Waals surface area (Å²) in [7, 11) is 0. The van der Waals surface area contributed by atoms with Crippen LogP contribution in [-0.4, -0.2) is 17.0 Å². The molecule has 0 amide bonds. The van der Waals surface area contributed by atoms with Crippen LogP contribution in [0.25, 0.3) is 0 Å². The topological polar surface area (TPSA) is 37.3 Å². The van der Waals surface area contributed by atoms with Crippen molar-refractivity contribution in [3.05, 3.63) is 12.7 Å². The fourth-order valence-corrected chi connectivity index (χ4v) is 1.33. The van der Waals surface area contributed by atoms with Crippen LogP contribution in [-0.2, 0) is 4.79 Å². The summed E-state index contributed by atoms with van der Waals surface area (Å²) in [6.45, 7) is 3.47. The van der Waals surface area contributed by atoms with E-state index in [4.69, 9.17) is 0 Å². The smallest absolute Gasteiger partial charge is 0.133 e. The lowest BCUT2D eigenvalue weighted by Crippen LogP contribution is -2.14. The molecule has 1 saturated carbocycles. The highest BCUT2D eigenvalue weighted by molar-refractivity contribution is 5.80. The van der Waals surface area contributed by atoms with Crippen molar-refractivity contribution in [2.24, 2.45) is 5.92 Å². The first-order valence-corrected chi connectivity index (χ1v) is 3.56. The molecule has 1 rings (SSSR count). The summed E-state index contributed by atoms with van der Waals surface area (Å²) < 4.78 is 0. The van der Waals surface area contributed by atoms with Crippen LogP contribution in [0.1, 0.15) is 19.3 Å². The van der Waals surface area contributed by atoms with Crippen molar-refractivity contribution in [3.8, 4) is 0 Å². The molecule has 0 radical (unpaired) electrons. The third-order valence-corrected chi connectivity index (χ3v) is 2.01. The maximum Gasteiger partial charge on any atom is 0.133 e. The minimum atomic E-state index is -0.480. The zero-order chi connectivity index (χ0) is 7.56. The van der Waals surface area contributed by atoms with E-state index >= 15 is 0 Å². The number of carbonyl (C=O) groups excluding carboxylic acids is 1. The van der Waals surface area contributed by atoms with Crippen LogP contribution >= 0.6 is 0 Å². The molecular weight excluding hydrogens is 128 g/mol. The van der Waals surface area contributed by atoms with E-state index in [9.17, 15) is 9.90 Å². The van der Waals surface area contributed by atoms with Gasteiger partial charge in [0, 0.05) is 12.8 Å². The van der Waals surface area contributed by atoms with Crippen LogP contribution in [0.15, 0.2) is 12.7 Å². The Balaban J connectivity index is 2.43. The van der Waals surface area contributed by atoms with Gasteiger partial charge in [-0.25, -0.2) is 0 Å². The van der Waals surface area contributed by atoms with Crippen LogP contribution in [0.2, 0.25) is 0 Å². The first-order chi connectivity index (χ1) is 4.74. The Labute approximate surface area is 60.6 Å². The number of hydrogen-bond acceptors (Lipinski definition) is 2. The lowest BCUT2D eigenvalue weighted by Gasteiger charge is -2.10. The molecule has 0 spiro atoms. The van der Waals surface area contributed by atoms with Crippen molar-refractivity contribution in [1.82, 2.24) is 0 Å². The summed E-state index contributed by atoms with van der Waals surface area (Å²) >= 11 is 0. The van der Waals surface area contributed by atoms with Gasteiger partial charge in [-0.1, -0.05) is 6.08 Å². The number of Topliss-reactive ketones (excluding diaryl/α,β-unsaturated/α-hetero) is 1. The summed E-state index contributed by atoms with van der Waals surface area (Å²) in [6, 6.07) is 0. The maximum atomic E-state index is 10.7. The van der Waals surface area contributed by atoms with Crippen LogP contribution in [0.3, 0.4) is 0 Å². The minimum absolute atomic E-state index is 0.144. The highest BCUT2D eigenvalue weighted by Gasteiger charge is 2.26. The highest BCUT2D eigenvalue weighted by atomic mass is 16.3. The second-order valence-electron chi connectivity index (χ2n) is 2.77. The molecule has 2 nitrogen and oxygen atoms in total. The SMILES string of the molecule is C=CC(O)[C@H]1CCC(=O)C1. The molecule has 0 aromatic heterocycles. The number of carbonyl (C=O) groups is 1. The molecule has 0 saturated heterocycles. The Bertz CT molecular complexity index is 151. The molecule has 0 aliphatic heterocycles. The van der Waals surface area contributed by atoms with Gasteiger partial charge in [-0.05, 0) is 12.3 Å². The molecule has 0 heterocycles. The lowest BCUT2D eigenvalue weighted by atomic mass is 10.0. The number of ketones is 1. The molecule has 1 unspecified atom stereocenters. The van der Waals surface area contributed by atoms with Gasteiger partial charge in [0.05, 0.1) is 6.10 Å². The van der Waals surface area contributed by atoms with Crippen molar-refractivity contribution < 1.29 is 9.90 Å². The summed E-state index contributed by atoms with van der Waals surface area (Å²) in [5.74, 6) is 0.413. The molecule has 1 aliphatic rings. The predicted octanol–water partition coefficient (Wildman–Crippen LogP) is 0.902. The van der Waals surface area contributed by atoms with E-state index < -0.39 is 6.10 Å².